The monoisotopic (exact) mass is 286 g/mol. The average Bonchev–Trinajstić information content (AvgIpc) is 3.02. The third-order valence-corrected chi connectivity index (χ3v) is 3.59. The summed E-state index contributed by atoms with van der Waals surface area (Å²) in [6.07, 6.45) is 1.14. The van der Waals surface area contributed by atoms with Crippen LogP contribution in [-0.4, -0.2) is 23.3 Å². The summed E-state index contributed by atoms with van der Waals surface area (Å²) in [5.41, 5.74) is -0.370. The van der Waals surface area contributed by atoms with Crippen molar-refractivity contribution < 1.29 is 19.7 Å². The standard InChI is InChI=1S/C11H11BrO4/c1-16-9-7(13)3-2-6(12)8(9)11(4-5-11)10(14)15/h2-3,13H,4-5H2,1H3,(H,14,15). The lowest BCUT2D eigenvalue weighted by atomic mass is 9.95. The molecule has 0 unspecified atom stereocenters. The van der Waals surface area contributed by atoms with Crippen LogP contribution in [0.25, 0.3) is 0 Å². The second kappa shape index (κ2) is 3.66. The normalized spacial score (nSPS) is 16.9. The molecule has 1 fully saturated rings. The third-order valence-electron chi connectivity index (χ3n) is 2.93. The summed E-state index contributed by atoms with van der Waals surface area (Å²) in [5, 5.41) is 18.9. The van der Waals surface area contributed by atoms with E-state index in [1.807, 2.05) is 0 Å². The highest BCUT2D eigenvalue weighted by molar-refractivity contribution is 9.10. The fourth-order valence-electron chi connectivity index (χ4n) is 1.90. The molecule has 0 heterocycles. The number of methoxy groups -OCH3 is 1. The summed E-state index contributed by atoms with van der Waals surface area (Å²) in [7, 11) is 1.42. The molecule has 4 nitrogen and oxygen atoms in total. The molecular weight excluding hydrogens is 276 g/mol. The van der Waals surface area contributed by atoms with Crippen LogP contribution in [0.5, 0.6) is 11.5 Å². The number of hydrogen-bond donors (Lipinski definition) is 2. The first-order chi connectivity index (χ1) is 7.53. The van der Waals surface area contributed by atoms with Gasteiger partial charge in [0.2, 0.25) is 0 Å². The molecule has 0 aliphatic heterocycles. The van der Waals surface area contributed by atoms with Gasteiger partial charge in [0.25, 0.3) is 0 Å². The van der Waals surface area contributed by atoms with E-state index in [4.69, 9.17) is 4.74 Å². The van der Waals surface area contributed by atoms with Gasteiger partial charge in [-0.2, -0.15) is 0 Å². The van der Waals surface area contributed by atoms with Crippen LogP contribution in [0.2, 0.25) is 0 Å². The number of halogens is 1. The summed E-state index contributed by atoms with van der Waals surface area (Å²) in [4.78, 5) is 11.3. The van der Waals surface area contributed by atoms with E-state index in [0.29, 0.717) is 22.9 Å². The molecular formula is C11H11BrO4. The lowest BCUT2D eigenvalue weighted by Crippen LogP contribution is -2.21. The smallest absolute Gasteiger partial charge is 0.314 e. The number of aromatic hydroxyl groups is 1. The first-order valence-corrected chi connectivity index (χ1v) is 5.61. The highest BCUT2D eigenvalue weighted by atomic mass is 79.9. The molecule has 1 aromatic rings. The van der Waals surface area contributed by atoms with Crippen LogP contribution >= 0.6 is 15.9 Å². The summed E-state index contributed by atoms with van der Waals surface area (Å²) in [5.74, 6) is -0.667. The molecule has 2 N–H and O–H groups in total. The van der Waals surface area contributed by atoms with Crippen molar-refractivity contribution in [1.29, 1.82) is 0 Å². The highest BCUT2D eigenvalue weighted by Gasteiger charge is 2.54. The quantitative estimate of drug-likeness (QED) is 0.895. The fourth-order valence-corrected chi connectivity index (χ4v) is 2.59. The Balaban J connectivity index is 2.64. The number of rotatable bonds is 3. The zero-order valence-corrected chi connectivity index (χ0v) is 10.2. The molecule has 0 aromatic heterocycles. The molecule has 1 aliphatic carbocycles. The van der Waals surface area contributed by atoms with Crippen molar-refractivity contribution in [1.82, 2.24) is 0 Å². The Labute approximate surface area is 101 Å². The van der Waals surface area contributed by atoms with Crippen LogP contribution in [0, 0.1) is 0 Å². The van der Waals surface area contributed by atoms with E-state index in [0.717, 1.165) is 0 Å². The Morgan fingerprint density at radius 3 is 2.56 bits per heavy atom. The number of carboxylic acid groups (broad SMARTS) is 1. The zero-order chi connectivity index (χ0) is 11.9. The molecule has 0 atom stereocenters. The predicted molar refractivity (Wildman–Crippen MR) is 60.9 cm³/mol. The predicted octanol–water partition coefficient (Wildman–Crippen LogP) is 2.28. The number of phenols is 1. The van der Waals surface area contributed by atoms with E-state index in [1.165, 1.54) is 13.2 Å². The van der Waals surface area contributed by atoms with Gasteiger partial charge in [-0.05, 0) is 25.0 Å². The summed E-state index contributed by atoms with van der Waals surface area (Å²) >= 11 is 3.31. The number of aliphatic carboxylic acids is 1. The van der Waals surface area contributed by atoms with Gasteiger partial charge in [0.15, 0.2) is 11.5 Å². The van der Waals surface area contributed by atoms with Crippen molar-refractivity contribution in [3.63, 3.8) is 0 Å². The van der Waals surface area contributed by atoms with E-state index in [1.54, 1.807) is 6.07 Å². The lowest BCUT2D eigenvalue weighted by molar-refractivity contribution is -0.140. The Kier molecular flexibility index (Phi) is 2.58. The minimum atomic E-state index is -0.900. The number of carboxylic acids is 1. The zero-order valence-electron chi connectivity index (χ0n) is 8.66. The van der Waals surface area contributed by atoms with E-state index in [9.17, 15) is 15.0 Å². The minimum absolute atomic E-state index is 0.0341. The molecule has 1 aliphatic rings. The second-order valence-corrected chi connectivity index (χ2v) is 4.72. The molecule has 0 amide bonds. The number of carbonyl (C=O) groups is 1. The van der Waals surface area contributed by atoms with E-state index < -0.39 is 11.4 Å². The average molecular weight is 287 g/mol. The van der Waals surface area contributed by atoms with Gasteiger partial charge in [0.1, 0.15) is 0 Å². The molecule has 2 rings (SSSR count). The van der Waals surface area contributed by atoms with Gasteiger partial charge in [0, 0.05) is 10.0 Å². The Morgan fingerprint density at radius 1 is 1.50 bits per heavy atom. The maximum absolute atomic E-state index is 11.3. The number of phenolic OH excluding ortho intramolecular Hbond substituents is 1. The molecule has 5 heteroatoms. The molecule has 1 aromatic carbocycles. The highest BCUT2D eigenvalue weighted by Crippen LogP contribution is 2.55. The van der Waals surface area contributed by atoms with Crippen molar-refractivity contribution in [2.75, 3.05) is 7.11 Å². The maximum Gasteiger partial charge on any atom is 0.314 e. The van der Waals surface area contributed by atoms with Crippen LogP contribution in [0.4, 0.5) is 0 Å². The summed E-state index contributed by atoms with van der Waals surface area (Å²) in [6.45, 7) is 0. The molecule has 0 bridgehead atoms. The number of hydrogen-bond acceptors (Lipinski definition) is 3. The van der Waals surface area contributed by atoms with Gasteiger partial charge in [-0.3, -0.25) is 4.79 Å². The minimum Gasteiger partial charge on any atom is -0.504 e. The lowest BCUT2D eigenvalue weighted by Gasteiger charge is -2.17. The number of ether oxygens (including phenoxy) is 1. The first-order valence-electron chi connectivity index (χ1n) is 4.82. The SMILES string of the molecule is COc1c(O)ccc(Br)c1C1(C(=O)O)CC1. The number of benzene rings is 1. The van der Waals surface area contributed by atoms with Gasteiger partial charge < -0.3 is 14.9 Å². The molecule has 1 saturated carbocycles. The van der Waals surface area contributed by atoms with Crippen molar-refractivity contribution in [2.45, 2.75) is 18.3 Å². The van der Waals surface area contributed by atoms with Gasteiger partial charge in [-0.1, -0.05) is 15.9 Å². The molecule has 86 valence electrons. The Bertz CT molecular complexity index is 452. The second-order valence-electron chi connectivity index (χ2n) is 3.86. The molecule has 16 heavy (non-hydrogen) atoms. The van der Waals surface area contributed by atoms with E-state index in [2.05, 4.69) is 15.9 Å². The van der Waals surface area contributed by atoms with Crippen LogP contribution in [0.15, 0.2) is 16.6 Å². The largest absolute Gasteiger partial charge is 0.504 e. The summed E-state index contributed by atoms with van der Waals surface area (Å²) in [6, 6.07) is 3.11. The molecule has 0 radical (unpaired) electrons. The van der Waals surface area contributed by atoms with E-state index >= 15 is 0 Å². The van der Waals surface area contributed by atoms with Gasteiger partial charge in [-0.25, -0.2) is 0 Å². The van der Waals surface area contributed by atoms with Crippen LogP contribution in [-0.2, 0) is 10.2 Å². The van der Waals surface area contributed by atoms with E-state index in [-0.39, 0.29) is 11.5 Å². The van der Waals surface area contributed by atoms with Crippen molar-refractivity contribution in [3.8, 4) is 11.5 Å². The Hall–Kier alpha value is -1.23. The summed E-state index contributed by atoms with van der Waals surface area (Å²) < 4.78 is 5.74. The Morgan fingerprint density at radius 2 is 2.12 bits per heavy atom. The molecule has 0 saturated heterocycles. The van der Waals surface area contributed by atoms with Crippen LogP contribution in [0.1, 0.15) is 18.4 Å². The van der Waals surface area contributed by atoms with Gasteiger partial charge >= 0.3 is 5.97 Å². The van der Waals surface area contributed by atoms with Gasteiger partial charge in [0.05, 0.1) is 12.5 Å². The molecule has 0 spiro atoms. The van der Waals surface area contributed by atoms with Gasteiger partial charge in [-0.15, -0.1) is 0 Å². The third kappa shape index (κ3) is 1.46. The maximum atomic E-state index is 11.3. The van der Waals surface area contributed by atoms with Crippen LogP contribution in [0.3, 0.4) is 0 Å². The van der Waals surface area contributed by atoms with Crippen LogP contribution < -0.4 is 4.74 Å². The first kappa shape index (κ1) is 11.3. The van der Waals surface area contributed by atoms with Crippen molar-refractivity contribution in [2.24, 2.45) is 0 Å². The van der Waals surface area contributed by atoms with Crippen molar-refractivity contribution >= 4 is 21.9 Å². The van der Waals surface area contributed by atoms with Crippen molar-refractivity contribution in [3.05, 3.63) is 22.2 Å². The topological polar surface area (TPSA) is 66.8 Å². The fraction of sp³-hybridized carbons (Fsp3) is 0.364.